The summed E-state index contributed by atoms with van der Waals surface area (Å²) >= 11 is 0. The molecule has 0 heterocycles. The van der Waals surface area contributed by atoms with Crippen LogP contribution in [0.2, 0.25) is 0 Å². The van der Waals surface area contributed by atoms with E-state index in [4.69, 9.17) is 0 Å². The lowest BCUT2D eigenvalue weighted by molar-refractivity contribution is 1.12. The van der Waals surface area contributed by atoms with Gasteiger partial charge in [-0.3, -0.25) is 0 Å². The van der Waals surface area contributed by atoms with E-state index >= 15 is 0 Å². The van der Waals surface area contributed by atoms with Gasteiger partial charge in [0.15, 0.2) is 0 Å². The van der Waals surface area contributed by atoms with E-state index in [9.17, 15) is 0 Å². The molecule has 0 nitrogen and oxygen atoms in total. The third-order valence-corrected chi connectivity index (χ3v) is 2.00. The first-order valence-electron chi connectivity index (χ1n) is 6.33. The summed E-state index contributed by atoms with van der Waals surface area (Å²) in [6.07, 6.45) is 11.0. The predicted molar refractivity (Wildman–Crippen MR) is 83.2 cm³/mol. The van der Waals surface area contributed by atoms with Gasteiger partial charge >= 0.3 is 0 Å². The summed E-state index contributed by atoms with van der Waals surface area (Å²) in [5.74, 6) is 0. The molecule has 0 heteroatoms. The van der Waals surface area contributed by atoms with Crippen molar-refractivity contribution in [2.45, 2.75) is 48.0 Å². The zero-order valence-electron chi connectivity index (χ0n) is 12.4. The Hall–Kier alpha value is -1.48. The molecule has 96 valence electrons. The minimum atomic E-state index is 1.09. The van der Waals surface area contributed by atoms with E-state index < -0.39 is 0 Å². The summed E-state index contributed by atoms with van der Waals surface area (Å²) in [6.45, 7) is 16.1. The molecule has 1 aromatic carbocycles. The van der Waals surface area contributed by atoms with Crippen molar-refractivity contribution in [2.24, 2.45) is 0 Å². The van der Waals surface area contributed by atoms with Crippen LogP contribution in [0.3, 0.4) is 0 Å². The monoisotopic (exact) mass is 232 g/mol. The summed E-state index contributed by atoms with van der Waals surface area (Å²) in [5, 5.41) is 0. The quantitative estimate of drug-likeness (QED) is 0.590. The molecule has 0 atom stereocenters. The molecule has 1 rings (SSSR count). The van der Waals surface area contributed by atoms with E-state index in [1.807, 2.05) is 33.8 Å². The molecule has 0 radical (unpaired) electrons. The van der Waals surface area contributed by atoms with Crippen LogP contribution in [-0.2, 0) is 6.42 Å². The smallest absolute Gasteiger partial charge is 0.0201 e. The molecule has 1 aromatic rings. The van der Waals surface area contributed by atoms with Crippen LogP contribution in [-0.4, -0.2) is 0 Å². The van der Waals surface area contributed by atoms with Crippen molar-refractivity contribution in [2.75, 3.05) is 0 Å². The topological polar surface area (TPSA) is 0 Å². The van der Waals surface area contributed by atoms with Gasteiger partial charge in [-0.2, -0.15) is 0 Å². The fraction of sp³-hybridized carbons (Fsp3) is 0.412. The number of aryl methyl sites for hydroxylation is 2. The fourth-order valence-electron chi connectivity index (χ4n) is 1.34. The Morgan fingerprint density at radius 2 is 1.59 bits per heavy atom. The highest BCUT2D eigenvalue weighted by Crippen LogP contribution is 2.15. The number of rotatable bonds is 2. The first-order valence-corrected chi connectivity index (χ1v) is 6.33. The molecular weight excluding hydrogens is 204 g/mol. The van der Waals surface area contributed by atoms with E-state index in [0.717, 1.165) is 6.42 Å². The fourth-order valence-corrected chi connectivity index (χ4v) is 1.34. The largest absolute Gasteiger partial charge is 0.124 e. The normalized spacial score (nSPS) is 7.06. The van der Waals surface area contributed by atoms with Crippen molar-refractivity contribution < 1.29 is 0 Å². The van der Waals surface area contributed by atoms with Crippen molar-refractivity contribution in [1.82, 2.24) is 0 Å². The van der Waals surface area contributed by atoms with Gasteiger partial charge < -0.3 is 0 Å². The minimum Gasteiger partial charge on any atom is -0.124 e. The molecule has 0 saturated carbocycles. The second kappa shape index (κ2) is 16.9. The Bertz CT molecular complexity index is 292. The Kier molecular flexibility index (Phi) is 20.8. The number of hydrogen-bond donors (Lipinski definition) is 0. The third kappa shape index (κ3) is 8.34. The van der Waals surface area contributed by atoms with Crippen LogP contribution in [0.15, 0.2) is 24.8 Å². The first kappa shape index (κ1) is 20.9. The molecular formula is C17H28. The molecule has 0 fully saturated rings. The summed E-state index contributed by atoms with van der Waals surface area (Å²) in [6, 6.07) is 6.38. The zero-order valence-corrected chi connectivity index (χ0v) is 12.4. The van der Waals surface area contributed by atoms with E-state index in [1.54, 1.807) is 0 Å². The second-order valence-electron chi connectivity index (χ2n) is 2.71. The van der Waals surface area contributed by atoms with Gasteiger partial charge in [0.1, 0.15) is 0 Å². The second-order valence-corrected chi connectivity index (χ2v) is 2.71. The Morgan fingerprint density at radius 1 is 1.12 bits per heavy atom. The van der Waals surface area contributed by atoms with Gasteiger partial charge in [0, 0.05) is 0 Å². The molecule has 0 aliphatic heterocycles. The molecule has 0 saturated heterocycles. The van der Waals surface area contributed by atoms with Crippen LogP contribution in [0.1, 0.15) is 51.3 Å². The van der Waals surface area contributed by atoms with Gasteiger partial charge in [0.05, 0.1) is 0 Å². The number of hydrogen-bond acceptors (Lipinski definition) is 0. The predicted octanol–water partition coefficient (Wildman–Crippen LogP) is 5.50. The van der Waals surface area contributed by atoms with Crippen molar-refractivity contribution >= 4 is 6.08 Å². The van der Waals surface area contributed by atoms with Crippen molar-refractivity contribution in [3.8, 4) is 12.8 Å². The maximum absolute atomic E-state index is 4.00. The molecule has 0 spiro atoms. The molecule has 17 heavy (non-hydrogen) atoms. The SMILES string of the molecule is C#C.C=Cc1c(C)cccc1CC.CC.CC. The zero-order chi connectivity index (χ0) is 14.3. The van der Waals surface area contributed by atoms with Crippen molar-refractivity contribution in [1.29, 1.82) is 0 Å². The molecule has 0 N–H and O–H groups in total. The van der Waals surface area contributed by atoms with Crippen LogP contribution in [0.25, 0.3) is 6.08 Å². The summed E-state index contributed by atoms with van der Waals surface area (Å²) < 4.78 is 0. The van der Waals surface area contributed by atoms with Crippen LogP contribution < -0.4 is 0 Å². The van der Waals surface area contributed by atoms with Crippen LogP contribution in [0.5, 0.6) is 0 Å². The third-order valence-electron chi connectivity index (χ3n) is 2.00. The molecule has 0 aliphatic rings. The average molecular weight is 232 g/mol. The van der Waals surface area contributed by atoms with Crippen LogP contribution >= 0.6 is 0 Å². The number of benzene rings is 1. The summed E-state index contributed by atoms with van der Waals surface area (Å²) in [7, 11) is 0. The van der Waals surface area contributed by atoms with Crippen LogP contribution in [0, 0.1) is 19.8 Å². The Labute approximate surface area is 109 Å². The highest BCUT2D eigenvalue weighted by molar-refractivity contribution is 5.56. The highest BCUT2D eigenvalue weighted by atomic mass is 14.0. The highest BCUT2D eigenvalue weighted by Gasteiger charge is 1.97. The van der Waals surface area contributed by atoms with Crippen molar-refractivity contribution in [3.05, 3.63) is 41.5 Å². The molecule has 0 bridgehead atoms. The van der Waals surface area contributed by atoms with E-state index in [-0.39, 0.29) is 0 Å². The lowest BCUT2D eigenvalue weighted by Crippen LogP contribution is -1.88. The van der Waals surface area contributed by atoms with E-state index in [1.165, 1.54) is 16.7 Å². The summed E-state index contributed by atoms with van der Waals surface area (Å²) in [5.41, 5.74) is 4.01. The first-order chi connectivity index (χ1) is 8.29. The van der Waals surface area contributed by atoms with Gasteiger partial charge in [-0.15, -0.1) is 12.8 Å². The molecule has 0 unspecified atom stereocenters. The lowest BCUT2D eigenvalue weighted by atomic mass is 10.0. The maximum atomic E-state index is 4.00. The van der Waals surface area contributed by atoms with Gasteiger partial charge in [0.2, 0.25) is 0 Å². The van der Waals surface area contributed by atoms with Gasteiger partial charge in [-0.1, -0.05) is 65.5 Å². The summed E-state index contributed by atoms with van der Waals surface area (Å²) in [4.78, 5) is 0. The molecule has 0 aliphatic carbocycles. The Balaban J connectivity index is -0.000000285. The van der Waals surface area contributed by atoms with E-state index in [2.05, 4.69) is 51.5 Å². The van der Waals surface area contributed by atoms with Gasteiger partial charge in [-0.25, -0.2) is 0 Å². The molecule has 0 aromatic heterocycles. The van der Waals surface area contributed by atoms with Gasteiger partial charge in [-0.05, 0) is 30.0 Å². The lowest BCUT2D eigenvalue weighted by Gasteiger charge is -2.05. The number of terminal acetylenes is 1. The standard InChI is InChI=1S/C11H14.2C2H6.C2H2/c1-4-10-8-6-7-9(3)11(10)5-2;3*1-2/h5-8H,2,4H2,1,3H3;2*1-2H3;1-2H. The van der Waals surface area contributed by atoms with Gasteiger partial charge in [0.25, 0.3) is 0 Å². The van der Waals surface area contributed by atoms with Crippen LogP contribution in [0.4, 0.5) is 0 Å². The minimum absolute atomic E-state index is 1.09. The average Bonchev–Trinajstić information content (AvgIpc) is 2.45. The van der Waals surface area contributed by atoms with E-state index in [0.29, 0.717) is 0 Å². The Morgan fingerprint density at radius 3 is 1.88 bits per heavy atom. The molecule has 0 amide bonds. The maximum Gasteiger partial charge on any atom is -0.0201 e. The van der Waals surface area contributed by atoms with Crippen molar-refractivity contribution in [3.63, 3.8) is 0 Å².